The van der Waals surface area contributed by atoms with Crippen LogP contribution in [0.4, 0.5) is 0 Å². The highest BCUT2D eigenvalue weighted by Crippen LogP contribution is 2.37. The van der Waals surface area contributed by atoms with Crippen molar-refractivity contribution in [3.63, 3.8) is 0 Å². The van der Waals surface area contributed by atoms with Gasteiger partial charge in [-0.1, -0.05) is 72.5 Å². The number of rotatable bonds is 5. The third-order valence-electron chi connectivity index (χ3n) is 5.36. The highest BCUT2D eigenvalue weighted by molar-refractivity contribution is 8.26. The third-order valence-corrected chi connectivity index (χ3v) is 6.73. The molecule has 0 unspecified atom stereocenters. The van der Waals surface area contributed by atoms with Crippen molar-refractivity contribution in [3.05, 3.63) is 77.4 Å². The minimum atomic E-state index is -0.971. The van der Waals surface area contributed by atoms with Gasteiger partial charge in [-0.05, 0) is 39.7 Å². The molecule has 1 saturated heterocycles. The summed E-state index contributed by atoms with van der Waals surface area (Å²) in [6.07, 6.45) is 1.51. The molecule has 0 spiro atoms. The molecule has 4 aromatic rings. The second-order valence-electron chi connectivity index (χ2n) is 7.37. The van der Waals surface area contributed by atoms with Crippen LogP contribution in [0.5, 0.6) is 0 Å². The highest BCUT2D eigenvalue weighted by atomic mass is 32.2. The van der Waals surface area contributed by atoms with Crippen molar-refractivity contribution < 1.29 is 19.1 Å². The molecule has 1 amide bonds. The summed E-state index contributed by atoms with van der Waals surface area (Å²) < 4.78 is 6.46. The molecule has 1 aliphatic rings. The molecular weight excluding hydrogens is 442 g/mol. The number of hydrogen-bond acceptors (Lipinski definition) is 5. The fraction of sp³-hybridized carbons (Fsp3) is 0.0800. The zero-order valence-electron chi connectivity index (χ0n) is 16.8. The molecule has 1 N–H and O–H groups in total. The number of hydrogen-bond donors (Lipinski definition) is 1. The minimum absolute atomic E-state index is 0.0593. The Morgan fingerprint density at radius 3 is 2.53 bits per heavy atom. The number of nitrogens with zero attached hydrogens (tertiary/aromatic N) is 1. The van der Waals surface area contributed by atoms with Crippen molar-refractivity contribution in [3.8, 4) is 11.3 Å². The SMILES string of the molecule is O=C(O)CCN1C(=O)/C(=C\c2ccc(-c3cc4ccccc4c4ccccc34)o2)SC1=S. The molecule has 0 atom stereocenters. The van der Waals surface area contributed by atoms with Gasteiger partial charge in [-0.3, -0.25) is 14.5 Å². The van der Waals surface area contributed by atoms with Gasteiger partial charge in [0.25, 0.3) is 5.91 Å². The van der Waals surface area contributed by atoms with Crippen LogP contribution < -0.4 is 0 Å². The molecule has 1 aromatic heterocycles. The quantitative estimate of drug-likeness (QED) is 0.227. The first kappa shape index (κ1) is 20.5. The van der Waals surface area contributed by atoms with Gasteiger partial charge >= 0.3 is 5.97 Å². The number of fused-ring (bicyclic) bond motifs is 3. The molecule has 32 heavy (non-hydrogen) atoms. The van der Waals surface area contributed by atoms with E-state index in [9.17, 15) is 9.59 Å². The van der Waals surface area contributed by atoms with E-state index < -0.39 is 5.97 Å². The number of benzene rings is 3. The molecule has 0 aliphatic carbocycles. The predicted molar refractivity (Wildman–Crippen MR) is 131 cm³/mol. The van der Waals surface area contributed by atoms with Crippen LogP contribution in [0.2, 0.25) is 0 Å². The zero-order chi connectivity index (χ0) is 22.2. The number of carboxylic acid groups (broad SMARTS) is 1. The highest BCUT2D eigenvalue weighted by Gasteiger charge is 2.32. The molecule has 0 bridgehead atoms. The van der Waals surface area contributed by atoms with Gasteiger partial charge in [0.2, 0.25) is 0 Å². The number of carboxylic acids is 1. The number of aliphatic carboxylic acids is 1. The molecule has 0 saturated carbocycles. The topological polar surface area (TPSA) is 70.8 Å². The average Bonchev–Trinajstić information content (AvgIpc) is 3.36. The number of thioether (sulfide) groups is 1. The Labute approximate surface area is 193 Å². The summed E-state index contributed by atoms with van der Waals surface area (Å²) >= 11 is 6.40. The molecule has 5 nitrogen and oxygen atoms in total. The van der Waals surface area contributed by atoms with Crippen molar-refractivity contribution >= 4 is 67.8 Å². The maximum atomic E-state index is 12.6. The van der Waals surface area contributed by atoms with E-state index in [1.165, 1.54) is 10.3 Å². The van der Waals surface area contributed by atoms with Crippen LogP contribution >= 0.6 is 24.0 Å². The van der Waals surface area contributed by atoms with Gasteiger partial charge in [-0.15, -0.1) is 0 Å². The van der Waals surface area contributed by atoms with Crippen LogP contribution in [0.1, 0.15) is 12.2 Å². The number of furan rings is 1. The summed E-state index contributed by atoms with van der Waals surface area (Å²) in [7, 11) is 0. The molecule has 158 valence electrons. The summed E-state index contributed by atoms with van der Waals surface area (Å²) in [5.41, 5.74) is 0.980. The van der Waals surface area contributed by atoms with Crippen molar-refractivity contribution in [1.29, 1.82) is 0 Å². The minimum Gasteiger partial charge on any atom is -0.481 e. The first-order valence-electron chi connectivity index (χ1n) is 9.99. The van der Waals surface area contributed by atoms with Crippen LogP contribution in [0.3, 0.4) is 0 Å². The van der Waals surface area contributed by atoms with E-state index in [0.29, 0.717) is 20.7 Å². The lowest BCUT2D eigenvalue weighted by Crippen LogP contribution is -2.30. The maximum absolute atomic E-state index is 12.6. The Bertz CT molecular complexity index is 1440. The summed E-state index contributed by atoms with van der Waals surface area (Å²) in [6.45, 7) is 0.0593. The largest absolute Gasteiger partial charge is 0.481 e. The number of carbonyl (C=O) groups is 2. The summed E-state index contributed by atoms with van der Waals surface area (Å²) in [4.78, 5) is 25.2. The fourth-order valence-corrected chi connectivity index (χ4v) is 5.15. The fourth-order valence-electron chi connectivity index (χ4n) is 3.86. The number of amides is 1. The second kappa shape index (κ2) is 8.26. The third kappa shape index (κ3) is 3.70. The Morgan fingerprint density at radius 2 is 1.75 bits per heavy atom. The average molecular weight is 460 g/mol. The van der Waals surface area contributed by atoms with Gasteiger partial charge in [0, 0.05) is 18.2 Å². The van der Waals surface area contributed by atoms with Crippen molar-refractivity contribution in [2.45, 2.75) is 6.42 Å². The second-order valence-corrected chi connectivity index (χ2v) is 9.05. The van der Waals surface area contributed by atoms with Gasteiger partial charge in [0.1, 0.15) is 15.8 Å². The molecule has 1 aliphatic heterocycles. The van der Waals surface area contributed by atoms with Crippen LogP contribution in [-0.4, -0.2) is 32.7 Å². The molecule has 3 aromatic carbocycles. The lowest BCUT2D eigenvalue weighted by atomic mass is 9.96. The molecule has 2 heterocycles. The molecule has 7 heteroatoms. The molecule has 5 rings (SSSR count). The van der Waals surface area contributed by atoms with E-state index in [-0.39, 0.29) is 18.9 Å². The lowest BCUT2D eigenvalue weighted by Gasteiger charge is -2.12. The van der Waals surface area contributed by atoms with Crippen LogP contribution in [0.25, 0.3) is 38.9 Å². The Morgan fingerprint density at radius 1 is 1.03 bits per heavy atom. The van der Waals surface area contributed by atoms with Crippen molar-refractivity contribution in [2.75, 3.05) is 6.54 Å². The summed E-state index contributed by atoms with van der Waals surface area (Å²) in [6, 6.07) is 22.3. The predicted octanol–water partition coefficient (Wildman–Crippen LogP) is 5.93. The van der Waals surface area contributed by atoms with Crippen molar-refractivity contribution in [1.82, 2.24) is 4.90 Å². The number of thiocarbonyl (C=S) groups is 1. The van der Waals surface area contributed by atoms with Crippen LogP contribution in [0, 0.1) is 0 Å². The monoisotopic (exact) mass is 459 g/mol. The first-order chi connectivity index (χ1) is 15.5. The smallest absolute Gasteiger partial charge is 0.305 e. The van der Waals surface area contributed by atoms with Crippen molar-refractivity contribution in [2.24, 2.45) is 0 Å². The Hall–Kier alpha value is -3.42. The van der Waals surface area contributed by atoms with E-state index in [1.807, 2.05) is 36.4 Å². The zero-order valence-corrected chi connectivity index (χ0v) is 18.4. The summed E-state index contributed by atoms with van der Waals surface area (Å²) in [5, 5.41) is 13.4. The first-order valence-corrected chi connectivity index (χ1v) is 11.2. The molecular formula is C25H17NO4S2. The van der Waals surface area contributed by atoms with E-state index in [4.69, 9.17) is 21.7 Å². The van der Waals surface area contributed by atoms with Gasteiger partial charge < -0.3 is 9.52 Å². The lowest BCUT2D eigenvalue weighted by molar-refractivity contribution is -0.137. The molecule has 1 fully saturated rings. The van der Waals surface area contributed by atoms with Gasteiger partial charge in [-0.2, -0.15) is 0 Å². The van der Waals surface area contributed by atoms with E-state index in [0.717, 1.165) is 33.5 Å². The van der Waals surface area contributed by atoms with Gasteiger partial charge in [0.05, 0.1) is 11.3 Å². The molecule has 0 radical (unpaired) electrons. The maximum Gasteiger partial charge on any atom is 0.305 e. The van der Waals surface area contributed by atoms with Crippen LogP contribution in [0.15, 0.2) is 76.1 Å². The Balaban J connectivity index is 1.51. The summed E-state index contributed by atoms with van der Waals surface area (Å²) in [5.74, 6) is -0.0211. The van der Waals surface area contributed by atoms with Gasteiger partial charge in [0.15, 0.2) is 0 Å². The van der Waals surface area contributed by atoms with E-state index in [2.05, 4.69) is 30.3 Å². The van der Waals surface area contributed by atoms with E-state index >= 15 is 0 Å². The normalized spacial score (nSPS) is 15.4. The van der Waals surface area contributed by atoms with Gasteiger partial charge in [-0.25, -0.2) is 0 Å². The van der Waals surface area contributed by atoms with E-state index in [1.54, 1.807) is 6.08 Å². The van der Waals surface area contributed by atoms with Crippen LogP contribution in [-0.2, 0) is 9.59 Å². The number of carbonyl (C=O) groups excluding carboxylic acids is 1. The standard InChI is InChI=1S/C25H17NO4S2/c27-23(28)11-12-26-24(29)22(32-25(26)31)14-16-9-10-21(30-16)20-13-15-5-1-2-6-17(15)18-7-3-4-8-19(18)20/h1-10,13-14H,11-12H2,(H,27,28)/b22-14+. The Kier molecular flexibility index (Phi) is 5.28.